The number of rotatable bonds is 5. The highest BCUT2D eigenvalue weighted by Gasteiger charge is 2.41. The summed E-state index contributed by atoms with van der Waals surface area (Å²) in [7, 11) is 0. The molecule has 0 aliphatic heterocycles. The van der Waals surface area contributed by atoms with Crippen molar-refractivity contribution in [2.24, 2.45) is 11.1 Å². The van der Waals surface area contributed by atoms with Crippen molar-refractivity contribution in [3.63, 3.8) is 0 Å². The van der Waals surface area contributed by atoms with Crippen LogP contribution in [0.15, 0.2) is 24.5 Å². The first kappa shape index (κ1) is 17.5. The Bertz CT molecular complexity index is 808. The van der Waals surface area contributed by atoms with Gasteiger partial charge in [0, 0.05) is 11.1 Å². The quantitative estimate of drug-likeness (QED) is 0.867. The second-order valence-electron chi connectivity index (χ2n) is 7.99. The van der Waals surface area contributed by atoms with E-state index in [1.165, 1.54) is 12.1 Å². The number of nitrogens with zero attached hydrogens (tertiary/aromatic N) is 3. The van der Waals surface area contributed by atoms with Crippen molar-refractivity contribution < 1.29 is 14.3 Å². The zero-order valence-corrected chi connectivity index (χ0v) is 14.7. The first-order valence-electron chi connectivity index (χ1n) is 8.34. The van der Waals surface area contributed by atoms with Gasteiger partial charge in [0.05, 0.1) is 6.04 Å². The lowest BCUT2D eigenvalue weighted by Crippen LogP contribution is -2.48. The zero-order chi connectivity index (χ0) is 18.4. The lowest BCUT2D eigenvalue weighted by atomic mass is 9.76. The zero-order valence-electron chi connectivity index (χ0n) is 14.7. The number of carbonyl (C=O) groups is 1. The molecule has 1 heterocycles. The highest BCUT2D eigenvalue weighted by Crippen LogP contribution is 2.36. The van der Waals surface area contributed by atoms with Gasteiger partial charge in [-0.2, -0.15) is 5.10 Å². The van der Waals surface area contributed by atoms with Crippen LogP contribution in [0.1, 0.15) is 51.6 Å². The number of carboxylic acid groups (broad SMARTS) is 1. The summed E-state index contributed by atoms with van der Waals surface area (Å²) in [6.07, 6.45) is 3.91. The Hall–Kier alpha value is -2.28. The van der Waals surface area contributed by atoms with Crippen LogP contribution in [-0.4, -0.2) is 25.8 Å². The molecule has 0 spiro atoms. The van der Waals surface area contributed by atoms with Crippen molar-refractivity contribution in [1.82, 2.24) is 14.8 Å². The molecule has 0 bridgehead atoms. The van der Waals surface area contributed by atoms with Gasteiger partial charge in [0.1, 0.15) is 17.7 Å². The second-order valence-corrected chi connectivity index (χ2v) is 7.99. The Morgan fingerprint density at radius 3 is 2.60 bits per heavy atom. The Kier molecular flexibility index (Phi) is 4.15. The van der Waals surface area contributed by atoms with E-state index in [9.17, 15) is 14.3 Å². The van der Waals surface area contributed by atoms with Gasteiger partial charge in [-0.15, -0.1) is 0 Å². The standard InChI is InChI=1S/C18H23FN4O2/c1-17(2,3)9-18(20,16(24)25)13-7-4-11(8-14(13)19)15-21-10-23(22-15)12-5-6-12/h4,7-8,10,12H,5-6,9,20H2,1-3H3,(H,24,25). The molecule has 2 aromatic rings. The van der Waals surface area contributed by atoms with E-state index in [0.29, 0.717) is 17.4 Å². The molecule has 0 amide bonds. The SMILES string of the molecule is CC(C)(C)CC(N)(C(=O)O)c1ccc(-c2ncn(C3CC3)n2)cc1F. The van der Waals surface area contributed by atoms with Crippen LogP contribution in [0, 0.1) is 11.2 Å². The molecule has 1 unspecified atom stereocenters. The predicted molar refractivity (Wildman–Crippen MR) is 91.3 cm³/mol. The van der Waals surface area contributed by atoms with E-state index in [2.05, 4.69) is 10.1 Å². The van der Waals surface area contributed by atoms with Gasteiger partial charge in [-0.25, -0.2) is 18.9 Å². The van der Waals surface area contributed by atoms with Crippen molar-refractivity contribution in [2.75, 3.05) is 0 Å². The van der Waals surface area contributed by atoms with Gasteiger partial charge in [0.25, 0.3) is 0 Å². The number of aromatic nitrogens is 3. The topological polar surface area (TPSA) is 94.0 Å². The minimum Gasteiger partial charge on any atom is -0.480 e. The van der Waals surface area contributed by atoms with Crippen LogP contribution in [0.25, 0.3) is 11.4 Å². The molecule has 1 atom stereocenters. The number of carboxylic acids is 1. The smallest absolute Gasteiger partial charge is 0.328 e. The minimum atomic E-state index is -1.79. The van der Waals surface area contributed by atoms with E-state index >= 15 is 0 Å². The van der Waals surface area contributed by atoms with Gasteiger partial charge >= 0.3 is 5.97 Å². The molecule has 1 fully saturated rings. The van der Waals surface area contributed by atoms with E-state index in [1.807, 2.05) is 20.8 Å². The number of aliphatic carboxylic acids is 1. The maximum Gasteiger partial charge on any atom is 0.328 e. The molecule has 1 aliphatic carbocycles. The first-order chi connectivity index (χ1) is 11.6. The van der Waals surface area contributed by atoms with Gasteiger partial charge in [-0.3, -0.25) is 0 Å². The summed E-state index contributed by atoms with van der Waals surface area (Å²) in [5.74, 6) is -1.48. The third kappa shape index (κ3) is 3.56. The van der Waals surface area contributed by atoms with Crippen molar-refractivity contribution in [3.05, 3.63) is 35.9 Å². The normalized spacial score (nSPS) is 17.3. The summed E-state index contributed by atoms with van der Waals surface area (Å²) in [6.45, 7) is 5.62. The fraction of sp³-hybridized carbons (Fsp3) is 0.500. The number of halogens is 1. The molecule has 0 radical (unpaired) electrons. The van der Waals surface area contributed by atoms with Crippen LogP contribution >= 0.6 is 0 Å². The maximum atomic E-state index is 14.7. The summed E-state index contributed by atoms with van der Waals surface area (Å²) < 4.78 is 16.5. The summed E-state index contributed by atoms with van der Waals surface area (Å²) in [5, 5.41) is 14.0. The second kappa shape index (κ2) is 5.91. The molecule has 0 saturated heterocycles. The summed E-state index contributed by atoms with van der Waals surface area (Å²) in [5.41, 5.74) is 4.43. The van der Waals surface area contributed by atoms with Gasteiger partial charge in [0.2, 0.25) is 0 Å². The molecular weight excluding hydrogens is 323 g/mol. The number of hydrogen-bond acceptors (Lipinski definition) is 4. The summed E-state index contributed by atoms with van der Waals surface area (Å²) >= 11 is 0. The Balaban J connectivity index is 1.95. The van der Waals surface area contributed by atoms with Crippen LogP contribution < -0.4 is 5.73 Å². The third-order valence-corrected chi connectivity index (χ3v) is 4.33. The molecule has 134 valence electrons. The molecule has 3 N–H and O–H groups in total. The van der Waals surface area contributed by atoms with Crippen LogP contribution in [0.3, 0.4) is 0 Å². The molecule has 1 aromatic carbocycles. The Labute approximate surface area is 145 Å². The highest BCUT2D eigenvalue weighted by atomic mass is 19.1. The molecule has 25 heavy (non-hydrogen) atoms. The van der Waals surface area contributed by atoms with Gasteiger partial charge in [0.15, 0.2) is 5.82 Å². The molecular formula is C18H23FN4O2. The van der Waals surface area contributed by atoms with Crippen molar-refractivity contribution >= 4 is 5.97 Å². The van der Waals surface area contributed by atoms with Crippen LogP contribution in [0.2, 0.25) is 0 Å². The molecule has 3 rings (SSSR count). The summed E-state index contributed by atoms with van der Waals surface area (Å²) in [4.78, 5) is 16.0. The fourth-order valence-electron chi connectivity index (χ4n) is 3.06. The van der Waals surface area contributed by atoms with E-state index in [4.69, 9.17) is 5.73 Å². The number of benzene rings is 1. The van der Waals surface area contributed by atoms with E-state index in [-0.39, 0.29) is 17.4 Å². The van der Waals surface area contributed by atoms with Crippen LogP contribution in [-0.2, 0) is 10.3 Å². The monoisotopic (exact) mass is 346 g/mol. The Morgan fingerprint density at radius 1 is 1.40 bits per heavy atom. The van der Waals surface area contributed by atoms with Crippen molar-refractivity contribution in [3.8, 4) is 11.4 Å². The largest absolute Gasteiger partial charge is 0.480 e. The summed E-state index contributed by atoms with van der Waals surface area (Å²) in [6, 6.07) is 4.70. The van der Waals surface area contributed by atoms with Gasteiger partial charge in [-0.1, -0.05) is 32.9 Å². The maximum absolute atomic E-state index is 14.7. The minimum absolute atomic E-state index is 0.0275. The molecule has 7 heteroatoms. The van der Waals surface area contributed by atoms with E-state index in [1.54, 1.807) is 17.1 Å². The molecule has 1 aliphatic rings. The molecule has 1 saturated carbocycles. The highest BCUT2D eigenvalue weighted by molar-refractivity contribution is 5.81. The van der Waals surface area contributed by atoms with Gasteiger partial charge < -0.3 is 10.8 Å². The third-order valence-electron chi connectivity index (χ3n) is 4.33. The van der Waals surface area contributed by atoms with Crippen molar-refractivity contribution in [1.29, 1.82) is 0 Å². The average Bonchev–Trinajstić information content (AvgIpc) is 3.22. The lowest BCUT2D eigenvalue weighted by molar-refractivity contribution is -0.145. The lowest BCUT2D eigenvalue weighted by Gasteiger charge is -2.32. The van der Waals surface area contributed by atoms with Crippen molar-refractivity contribution in [2.45, 2.75) is 51.6 Å². The van der Waals surface area contributed by atoms with E-state index < -0.39 is 17.3 Å². The number of hydrogen-bond donors (Lipinski definition) is 2. The van der Waals surface area contributed by atoms with E-state index in [0.717, 1.165) is 12.8 Å². The first-order valence-corrected chi connectivity index (χ1v) is 8.34. The van der Waals surface area contributed by atoms with Crippen LogP contribution in [0.5, 0.6) is 0 Å². The molecule has 1 aromatic heterocycles. The fourth-order valence-corrected chi connectivity index (χ4v) is 3.06. The Morgan fingerprint density at radius 2 is 2.08 bits per heavy atom. The number of nitrogens with two attached hydrogens (primary N) is 1. The predicted octanol–water partition coefficient (Wildman–Crippen LogP) is 3.09. The van der Waals surface area contributed by atoms with Crippen LogP contribution in [0.4, 0.5) is 4.39 Å². The van der Waals surface area contributed by atoms with Gasteiger partial charge in [-0.05, 0) is 30.7 Å². The average molecular weight is 346 g/mol. The molecule has 6 nitrogen and oxygen atoms in total.